The Hall–Kier alpha value is 0.290. The maximum atomic E-state index is 12.2. The summed E-state index contributed by atoms with van der Waals surface area (Å²) in [7, 11) is 0. The molecule has 0 saturated carbocycles. The summed E-state index contributed by atoms with van der Waals surface area (Å²) in [6.07, 6.45) is 25.3. The van der Waals surface area contributed by atoms with Gasteiger partial charge < -0.3 is 10.9 Å². The molecule has 0 aliphatic rings. The molecule has 0 saturated heterocycles. The summed E-state index contributed by atoms with van der Waals surface area (Å²) in [5.74, 6) is -0.444. The van der Waals surface area contributed by atoms with Crippen molar-refractivity contribution in [1.82, 2.24) is 0 Å². The monoisotopic (exact) mass is 538 g/mol. The second kappa shape index (κ2) is 29.8. The van der Waals surface area contributed by atoms with Crippen molar-refractivity contribution < 1.29 is 50.0 Å². The summed E-state index contributed by atoms with van der Waals surface area (Å²) in [4.78, 5) is 24.5. The van der Waals surface area contributed by atoms with Crippen molar-refractivity contribution in [2.45, 2.75) is 167 Å². The molecule has 210 valence electrons. The average Bonchev–Trinajstić information content (AvgIpc) is 2.85. The van der Waals surface area contributed by atoms with Crippen LogP contribution in [-0.4, -0.2) is 35.7 Å². The fourth-order valence-electron chi connectivity index (χ4n) is 4.18. The Labute approximate surface area is 252 Å². The Kier molecular flexibility index (Phi) is 31.9. The zero-order valence-corrected chi connectivity index (χ0v) is 27.6. The number of hydrogen-bond acceptors (Lipinski definition) is 5. The quantitative estimate of drug-likeness (QED) is 0.0711. The SMILES string of the molecule is CCCCCCCCCCCCOC(=O)C(C)SC(C)C(=O)OCCCCCCCCCCCC.[H-].[Na+]. The van der Waals surface area contributed by atoms with Gasteiger partial charge in [0.15, 0.2) is 0 Å². The Morgan fingerprint density at radius 1 is 0.528 bits per heavy atom. The van der Waals surface area contributed by atoms with Gasteiger partial charge >= 0.3 is 41.5 Å². The van der Waals surface area contributed by atoms with Crippen LogP contribution in [0.3, 0.4) is 0 Å². The molecule has 0 aromatic carbocycles. The molecule has 0 aliphatic carbocycles. The third kappa shape index (κ3) is 25.9. The molecular formula is C30H59NaO4S. The van der Waals surface area contributed by atoms with Crippen molar-refractivity contribution >= 4 is 23.7 Å². The van der Waals surface area contributed by atoms with Gasteiger partial charge in [-0.15, -0.1) is 11.8 Å². The van der Waals surface area contributed by atoms with Crippen molar-refractivity contribution in [3.8, 4) is 0 Å². The van der Waals surface area contributed by atoms with Gasteiger partial charge in [-0.25, -0.2) is 0 Å². The van der Waals surface area contributed by atoms with Gasteiger partial charge in [-0.05, 0) is 26.7 Å². The van der Waals surface area contributed by atoms with E-state index in [1.54, 1.807) is 0 Å². The first-order valence-corrected chi connectivity index (χ1v) is 16.0. The summed E-state index contributed by atoms with van der Waals surface area (Å²) in [6, 6.07) is 0. The van der Waals surface area contributed by atoms with Crippen LogP contribution in [0.15, 0.2) is 0 Å². The number of hydrogen-bond donors (Lipinski definition) is 0. The second-order valence-corrected chi connectivity index (χ2v) is 11.8. The molecule has 2 unspecified atom stereocenters. The van der Waals surface area contributed by atoms with E-state index in [0.29, 0.717) is 13.2 Å². The Balaban J connectivity index is -0.00000578. The normalized spacial score (nSPS) is 12.6. The van der Waals surface area contributed by atoms with Gasteiger partial charge in [-0.3, -0.25) is 9.59 Å². The van der Waals surface area contributed by atoms with Gasteiger partial charge in [0.1, 0.15) is 10.5 Å². The second-order valence-electron chi connectivity index (χ2n) is 10.1. The van der Waals surface area contributed by atoms with Crippen LogP contribution in [0, 0.1) is 0 Å². The molecule has 0 rings (SSSR count). The third-order valence-corrected chi connectivity index (χ3v) is 7.76. The minimum Gasteiger partial charge on any atom is -1.00 e. The Morgan fingerprint density at radius 2 is 0.778 bits per heavy atom. The predicted molar refractivity (Wildman–Crippen MR) is 153 cm³/mol. The number of carbonyl (C=O) groups excluding carboxylic acids is 2. The Morgan fingerprint density at radius 3 is 1.06 bits per heavy atom. The van der Waals surface area contributed by atoms with E-state index in [1.807, 2.05) is 13.8 Å². The molecule has 0 amide bonds. The van der Waals surface area contributed by atoms with Crippen LogP contribution >= 0.6 is 11.8 Å². The molecule has 36 heavy (non-hydrogen) atoms. The van der Waals surface area contributed by atoms with E-state index < -0.39 is 0 Å². The minimum atomic E-state index is -0.349. The zero-order chi connectivity index (χ0) is 26.0. The van der Waals surface area contributed by atoms with Gasteiger partial charge in [0.25, 0.3) is 0 Å². The van der Waals surface area contributed by atoms with Crippen LogP contribution in [0.5, 0.6) is 0 Å². The molecule has 0 radical (unpaired) electrons. The van der Waals surface area contributed by atoms with E-state index in [-0.39, 0.29) is 53.4 Å². The predicted octanol–water partition coefficient (Wildman–Crippen LogP) is 6.54. The minimum absolute atomic E-state index is 0. The zero-order valence-electron chi connectivity index (χ0n) is 25.8. The first-order chi connectivity index (χ1) is 17.0. The van der Waals surface area contributed by atoms with Crippen molar-refractivity contribution in [3.05, 3.63) is 0 Å². The van der Waals surface area contributed by atoms with Crippen LogP contribution in [0.25, 0.3) is 0 Å². The number of rotatable bonds is 26. The summed E-state index contributed by atoms with van der Waals surface area (Å²) in [5, 5.41) is -0.698. The molecule has 0 N–H and O–H groups in total. The first kappa shape index (κ1) is 38.4. The van der Waals surface area contributed by atoms with E-state index in [9.17, 15) is 9.59 Å². The first-order valence-electron chi connectivity index (χ1n) is 15.0. The summed E-state index contributed by atoms with van der Waals surface area (Å²) < 4.78 is 10.8. The molecule has 4 nitrogen and oxygen atoms in total. The summed E-state index contributed by atoms with van der Waals surface area (Å²) >= 11 is 1.33. The summed E-state index contributed by atoms with van der Waals surface area (Å²) in [6.45, 7) is 9.10. The molecule has 0 aliphatic heterocycles. The Bertz CT molecular complexity index is 454. The number of ether oxygens (including phenoxy) is 2. The van der Waals surface area contributed by atoms with Crippen LogP contribution in [0.1, 0.15) is 158 Å². The van der Waals surface area contributed by atoms with E-state index in [1.165, 1.54) is 114 Å². The van der Waals surface area contributed by atoms with Crippen LogP contribution in [0.4, 0.5) is 0 Å². The molecule has 0 aromatic rings. The standard InChI is InChI=1S/C30H58O4S.Na.H/c1-5-7-9-11-13-15-17-19-21-23-25-33-29(31)27(3)35-28(4)30(32)34-26-24-22-20-18-16-14-12-10-8-6-2;;/h27-28H,5-26H2,1-4H3;;/q;+1;-1. The molecule has 6 heteroatoms. The van der Waals surface area contributed by atoms with Gasteiger partial charge in [0.05, 0.1) is 13.2 Å². The fraction of sp³-hybridized carbons (Fsp3) is 0.933. The van der Waals surface area contributed by atoms with E-state index >= 15 is 0 Å². The molecule has 0 fully saturated rings. The fourth-order valence-corrected chi connectivity index (χ4v) is 5.15. The van der Waals surface area contributed by atoms with E-state index in [4.69, 9.17) is 9.47 Å². The van der Waals surface area contributed by atoms with Crippen LogP contribution in [0.2, 0.25) is 0 Å². The maximum absolute atomic E-state index is 12.2. The average molecular weight is 539 g/mol. The maximum Gasteiger partial charge on any atom is 1.00 e. The van der Waals surface area contributed by atoms with Gasteiger partial charge in [-0.1, -0.05) is 129 Å². The number of unbranched alkanes of at least 4 members (excludes halogenated alkanes) is 18. The number of carbonyl (C=O) groups is 2. The topological polar surface area (TPSA) is 52.6 Å². The molecular weight excluding hydrogens is 479 g/mol. The van der Waals surface area contributed by atoms with E-state index in [2.05, 4.69) is 13.8 Å². The smallest absolute Gasteiger partial charge is 1.00 e. The molecule has 0 spiro atoms. The largest absolute Gasteiger partial charge is 1.00 e. The van der Waals surface area contributed by atoms with Gasteiger partial charge in [0.2, 0.25) is 0 Å². The van der Waals surface area contributed by atoms with Crippen LogP contribution < -0.4 is 29.6 Å². The molecule has 0 bridgehead atoms. The third-order valence-electron chi connectivity index (χ3n) is 6.56. The van der Waals surface area contributed by atoms with Crippen molar-refractivity contribution in [2.24, 2.45) is 0 Å². The van der Waals surface area contributed by atoms with Crippen molar-refractivity contribution in [3.63, 3.8) is 0 Å². The van der Waals surface area contributed by atoms with Gasteiger partial charge in [0, 0.05) is 0 Å². The van der Waals surface area contributed by atoms with Gasteiger partial charge in [-0.2, -0.15) is 0 Å². The number of thioether (sulfide) groups is 1. The summed E-state index contributed by atoms with van der Waals surface area (Å²) in [5.41, 5.74) is 0. The molecule has 0 aromatic heterocycles. The van der Waals surface area contributed by atoms with Crippen molar-refractivity contribution in [1.29, 1.82) is 0 Å². The molecule has 2 atom stereocenters. The number of esters is 2. The van der Waals surface area contributed by atoms with Crippen LogP contribution in [-0.2, 0) is 19.1 Å². The van der Waals surface area contributed by atoms with Crippen molar-refractivity contribution in [2.75, 3.05) is 13.2 Å². The van der Waals surface area contributed by atoms with E-state index in [0.717, 1.165) is 25.7 Å². The molecule has 0 heterocycles.